The number of amides is 2. The Balaban J connectivity index is 1.17. The van der Waals surface area contributed by atoms with E-state index in [0.29, 0.717) is 72.9 Å². The van der Waals surface area contributed by atoms with Crippen LogP contribution in [-0.4, -0.2) is 91.4 Å². The number of pyridine rings is 2. The van der Waals surface area contributed by atoms with Gasteiger partial charge in [-0.2, -0.15) is 0 Å². The van der Waals surface area contributed by atoms with Gasteiger partial charge in [-0.05, 0) is 82.5 Å². The first-order chi connectivity index (χ1) is 27.2. The molecule has 2 aromatic heterocycles. The molecule has 298 valence electrons. The van der Waals surface area contributed by atoms with Gasteiger partial charge in [-0.15, -0.1) is 5.73 Å². The van der Waals surface area contributed by atoms with E-state index in [4.69, 9.17) is 24.4 Å². The summed E-state index contributed by atoms with van der Waals surface area (Å²) in [5.74, 6) is -0.449. The van der Waals surface area contributed by atoms with E-state index < -0.39 is 23.6 Å². The van der Waals surface area contributed by atoms with Crippen molar-refractivity contribution in [3.05, 3.63) is 92.6 Å². The molecule has 0 aliphatic carbocycles. The number of amidine groups is 1. The average Bonchev–Trinajstić information content (AvgIpc) is 3.54. The molecule has 0 saturated carbocycles. The molecule has 0 spiro atoms. The van der Waals surface area contributed by atoms with Gasteiger partial charge in [0.1, 0.15) is 18.2 Å². The second-order valence-corrected chi connectivity index (χ2v) is 15.4. The highest BCUT2D eigenvalue weighted by Gasteiger charge is 2.45. The number of cyclic esters (lactones) is 1. The first-order valence-corrected chi connectivity index (χ1v) is 19.0. The zero-order valence-corrected chi connectivity index (χ0v) is 32.6. The number of aliphatic hydroxyl groups is 1. The van der Waals surface area contributed by atoms with E-state index in [1.54, 1.807) is 52.2 Å². The smallest absolute Gasteiger partial charge is 0.415 e. The van der Waals surface area contributed by atoms with Crippen LogP contribution in [0.25, 0.3) is 28.4 Å². The van der Waals surface area contributed by atoms with Crippen molar-refractivity contribution >= 4 is 40.8 Å². The standard InChI is InChI=1S/C42H46N6O9/c1-6-42(53)32-21-34-36-30(23-48(34)38(50)31(32)24-55-39(42)51)28(12-9-10-25(2)57-41(3,4)5)29-20-27(14-15-33(29)44-36)56-40(52)47-18-16-46(17-19-47)35-13-8-7-11-26(22-43-35)37(49)45-54/h8-9,11-12,14-15,20-22,25,53-54H,6,10,13,16-19,23-24H2,1-5H3,(H,45,49)/b12-9+,26-22+,43-35+/t7?,25?,42-/m0/s1. The van der Waals surface area contributed by atoms with Gasteiger partial charge in [-0.1, -0.05) is 19.1 Å². The fraction of sp³-hybridized carbons (Fsp3) is 0.405. The summed E-state index contributed by atoms with van der Waals surface area (Å²) < 4.78 is 18.9. The average molecular weight is 779 g/mol. The van der Waals surface area contributed by atoms with Crippen molar-refractivity contribution in [3.8, 4) is 17.1 Å². The lowest BCUT2D eigenvalue weighted by molar-refractivity contribution is -0.172. The van der Waals surface area contributed by atoms with Crippen LogP contribution in [0, 0.1) is 0 Å². The summed E-state index contributed by atoms with van der Waals surface area (Å²) in [5, 5.41) is 21.1. The minimum Gasteiger partial charge on any atom is -0.458 e. The fourth-order valence-electron chi connectivity index (χ4n) is 7.62. The highest BCUT2D eigenvalue weighted by molar-refractivity contribution is 5.96. The van der Waals surface area contributed by atoms with Crippen molar-refractivity contribution < 1.29 is 38.9 Å². The summed E-state index contributed by atoms with van der Waals surface area (Å²) in [6, 6.07) is 6.92. The third-order valence-corrected chi connectivity index (χ3v) is 10.5. The van der Waals surface area contributed by atoms with Crippen molar-refractivity contribution in [2.45, 2.75) is 84.3 Å². The molecule has 1 aromatic carbocycles. The normalized spacial score (nSPS) is 21.4. The molecule has 15 heteroatoms. The molecule has 7 rings (SSSR count). The molecule has 3 N–H and O–H groups in total. The number of aliphatic imine (C=N–C) groups is 1. The number of hydroxylamine groups is 1. The second kappa shape index (κ2) is 15.6. The summed E-state index contributed by atoms with van der Waals surface area (Å²) in [7, 11) is 0. The van der Waals surface area contributed by atoms with Crippen molar-refractivity contribution in [1.29, 1.82) is 0 Å². The molecule has 1 saturated heterocycles. The van der Waals surface area contributed by atoms with Gasteiger partial charge in [0.15, 0.2) is 5.60 Å². The molecule has 2 atom stereocenters. The molecule has 6 heterocycles. The number of benzene rings is 1. The number of fused-ring (bicyclic) bond motifs is 5. The molecule has 1 unspecified atom stereocenters. The largest absolute Gasteiger partial charge is 0.458 e. The van der Waals surface area contributed by atoms with Gasteiger partial charge in [0.2, 0.25) is 0 Å². The number of ether oxygens (including phenoxy) is 3. The third kappa shape index (κ3) is 7.79. The zero-order chi connectivity index (χ0) is 40.6. The highest BCUT2D eigenvalue weighted by atomic mass is 16.6. The van der Waals surface area contributed by atoms with E-state index >= 15 is 0 Å². The summed E-state index contributed by atoms with van der Waals surface area (Å²) >= 11 is 0. The maximum atomic E-state index is 13.9. The number of aromatic nitrogens is 2. The van der Waals surface area contributed by atoms with Gasteiger partial charge in [-0.3, -0.25) is 14.8 Å². The Morgan fingerprint density at radius 1 is 1.14 bits per heavy atom. The number of hydrogen-bond donors (Lipinski definition) is 3. The Morgan fingerprint density at radius 3 is 2.63 bits per heavy atom. The highest BCUT2D eigenvalue weighted by Crippen LogP contribution is 2.41. The number of nitrogens with zero attached hydrogens (tertiary/aromatic N) is 5. The molecule has 0 bridgehead atoms. The van der Waals surface area contributed by atoms with E-state index in [2.05, 4.69) is 10.7 Å². The molecular formula is C42H46N6O9. The van der Waals surface area contributed by atoms with Gasteiger partial charge in [0.05, 0.1) is 46.3 Å². The van der Waals surface area contributed by atoms with Crippen molar-refractivity contribution in [2.24, 2.45) is 4.99 Å². The van der Waals surface area contributed by atoms with E-state index in [0.717, 1.165) is 11.1 Å². The molecule has 0 radical (unpaired) electrons. The molecule has 15 nitrogen and oxygen atoms in total. The predicted molar refractivity (Wildman–Crippen MR) is 210 cm³/mol. The molecule has 4 aliphatic rings. The number of carbonyl (C=O) groups is 3. The van der Waals surface area contributed by atoms with Crippen molar-refractivity contribution in [1.82, 2.24) is 24.8 Å². The lowest BCUT2D eigenvalue weighted by Gasteiger charge is -2.35. The van der Waals surface area contributed by atoms with Gasteiger partial charge in [-0.25, -0.2) is 25.0 Å². The summed E-state index contributed by atoms with van der Waals surface area (Å²) in [6.45, 7) is 11.4. The van der Waals surface area contributed by atoms with Crippen LogP contribution in [-0.2, 0) is 37.8 Å². The monoisotopic (exact) mass is 778 g/mol. The van der Waals surface area contributed by atoms with Gasteiger partial charge in [0.25, 0.3) is 11.5 Å². The van der Waals surface area contributed by atoms with Gasteiger partial charge in [0, 0.05) is 55.3 Å². The number of carbonyl (C=O) groups excluding carboxylic acids is 3. The Morgan fingerprint density at radius 2 is 1.91 bits per heavy atom. The van der Waals surface area contributed by atoms with Crippen LogP contribution in [0.4, 0.5) is 4.79 Å². The van der Waals surface area contributed by atoms with E-state index in [1.165, 1.54) is 12.3 Å². The van der Waals surface area contributed by atoms with E-state index in [1.807, 2.05) is 44.7 Å². The van der Waals surface area contributed by atoms with Crippen molar-refractivity contribution in [2.75, 3.05) is 26.2 Å². The summed E-state index contributed by atoms with van der Waals surface area (Å²) in [4.78, 5) is 65.1. The predicted octanol–water partition coefficient (Wildman–Crippen LogP) is 4.71. The fourth-order valence-corrected chi connectivity index (χ4v) is 7.62. The first-order valence-electron chi connectivity index (χ1n) is 19.0. The number of nitrogens with one attached hydrogen (secondary N) is 1. The van der Waals surface area contributed by atoms with Crippen molar-refractivity contribution in [3.63, 3.8) is 0 Å². The maximum absolute atomic E-state index is 13.9. The van der Waals surface area contributed by atoms with Crippen LogP contribution in [0.15, 0.2) is 69.8 Å². The molecule has 2 amide bonds. The second-order valence-electron chi connectivity index (χ2n) is 15.4. The Bertz CT molecular complexity index is 2370. The SMILES string of the molecule is CC[C@@]1(O)C(=O)OCc2c1cc1n(c2=O)Cc2c-1nc1ccc(OC(=O)N3CCN(/C4=N/C=C(/C(=O)NO)C=C=CC4)CC3)cc1c2/C=C/CC(C)OC(C)(C)C. The van der Waals surface area contributed by atoms with Crippen LogP contribution >= 0.6 is 0 Å². The van der Waals surface area contributed by atoms with E-state index in [9.17, 15) is 24.3 Å². The summed E-state index contributed by atoms with van der Waals surface area (Å²) in [5.41, 5.74) is 5.75. The van der Waals surface area contributed by atoms with Crippen LogP contribution in [0.1, 0.15) is 76.1 Å². The Hall–Kier alpha value is -5.86. The number of esters is 1. The summed E-state index contributed by atoms with van der Waals surface area (Å²) in [6.07, 6.45) is 9.11. The zero-order valence-electron chi connectivity index (χ0n) is 32.6. The lowest BCUT2D eigenvalue weighted by Crippen LogP contribution is -2.51. The molecule has 57 heavy (non-hydrogen) atoms. The van der Waals surface area contributed by atoms with E-state index in [-0.39, 0.29) is 53.5 Å². The molecule has 4 aliphatic heterocycles. The lowest BCUT2D eigenvalue weighted by atomic mass is 9.86. The topological polar surface area (TPSA) is 185 Å². The quantitative estimate of drug-likeness (QED) is 0.102. The molecule has 3 aromatic rings. The minimum absolute atomic E-state index is 0.0379. The molecule has 1 fully saturated rings. The Kier molecular flexibility index (Phi) is 10.8. The van der Waals surface area contributed by atoms with Crippen LogP contribution in [0.2, 0.25) is 0 Å². The van der Waals surface area contributed by atoms with Crippen LogP contribution < -0.4 is 15.8 Å². The number of piperazine rings is 1. The third-order valence-electron chi connectivity index (χ3n) is 10.5. The van der Waals surface area contributed by atoms with Crippen LogP contribution in [0.3, 0.4) is 0 Å². The molecular weight excluding hydrogens is 732 g/mol. The van der Waals surface area contributed by atoms with Gasteiger partial charge >= 0.3 is 12.1 Å². The first kappa shape index (κ1) is 39.4. The number of rotatable bonds is 7. The van der Waals surface area contributed by atoms with Crippen LogP contribution in [0.5, 0.6) is 5.75 Å². The van der Waals surface area contributed by atoms with Gasteiger partial charge < -0.3 is 33.7 Å². The number of hydrogen-bond acceptors (Lipinski definition) is 12. The minimum atomic E-state index is -1.95. The maximum Gasteiger partial charge on any atom is 0.415 e. The Labute approximate surface area is 329 Å².